The minimum absolute atomic E-state index is 0.0480. The molecule has 20 heavy (non-hydrogen) atoms. The normalized spacial score (nSPS) is 22.8. The fraction of sp³-hybridized carbons (Fsp3) is 0.316. The fourth-order valence-corrected chi connectivity index (χ4v) is 3.41. The second kappa shape index (κ2) is 4.05. The maximum atomic E-state index is 4.13. The van der Waals surface area contributed by atoms with Gasteiger partial charge in [-0.15, -0.1) is 6.58 Å². The first-order valence-corrected chi connectivity index (χ1v) is 7.18. The van der Waals surface area contributed by atoms with Crippen LogP contribution in [0.5, 0.6) is 0 Å². The quantitative estimate of drug-likeness (QED) is 0.538. The molecule has 1 unspecified atom stereocenters. The van der Waals surface area contributed by atoms with Gasteiger partial charge in [0, 0.05) is 26.0 Å². The predicted molar refractivity (Wildman–Crippen MR) is 83.7 cm³/mol. The Balaban J connectivity index is 2.46. The lowest BCUT2D eigenvalue weighted by Gasteiger charge is -2.42. The molecule has 1 atom stereocenters. The first-order valence-electron chi connectivity index (χ1n) is 7.18. The molecule has 0 radical (unpaired) electrons. The molecule has 0 spiro atoms. The summed E-state index contributed by atoms with van der Waals surface area (Å²) in [6.45, 7) is 13.2. The molecule has 2 heterocycles. The summed E-state index contributed by atoms with van der Waals surface area (Å²) in [6, 6.07) is 13.2. The lowest BCUT2D eigenvalue weighted by Crippen LogP contribution is -2.65. The van der Waals surface area contributed by atoms with Crippen molar-refractivity contribution in [3.8, 4) is 11.3 Å². The van der Waals surface area contributed by atoms with Gasteiger partial charge in [-0.3, -0.25) is 0 Å². The van der Waals surface area contributed by atoms with Crippen LogP contribution in [0.2, 0.25) is 0 Å². The first-order chi connectivity index (χ1) is 9.41. The summed E-state index contributed by atoms with van der Waals surface area (Å²) >= 11 is 0. The monoisotopic (exact) mass is 264 g/mol. The molecule has 0 saturated heterocycles. The number of benzene rings is 1. The highest BCUT2D eigenvalue weighted by atomic mass is 15.1. The molecule has 0 saturated carbocycles. The Labute approximate surface area is 121 Å². The van der Waals surface area contributed by atoms with E-state index in [9.17, 15) is 0 Å². The van der Waals surface area contributed by atoms with Crippen LogP contribution < -0.4 is 4.57 Å². The van der Waals surface area contributed by atoms with Crippen molar-refractivity contribution in [1.82, 2.24) is 0 Å². The van der Waals surface area contributed by atoms with Crippen molar-refractivity contribution in [2.24, 2.45) is 0 Å². The van der Waals surface area contributed by atoms with Gasteiger partial charge in [0.15, 0.2) is 11.7 Å². The number of fused-ring (bicyclic) bond motifs is 3. The molecule has 0 aliphatic carbocycles. The third-order valence-electron chi connectivity index (χ3n) is 5.15. The van der Waals surface area contributed by atoms with Gasteiger partial charge in [0.2, 0.25) is 5.69 Å². The van der Waals surface area contributed by atoms with Crippen molar-refractivity contribution >= 4 is 0 Å². The van der Waals surface area contributed by atoms with Gasteiger partial charge in [-0.05, 0) is 31.5 Å². The van der Waals surface area contributed by atoms with E-state index < -0.39 is 0 Å². The van der Waals surface area contributed by atoms with Crippen molar-refractivity contribution in [2.75, 3.05) is 0 Å². The van der Waals surface area contributed by atoms with Gasteiger partial charge in [0.25, 0.3) is 0 Å². The Hall–Kier alpha value is -1.89. The number of rotatable bonds is 1. The molecule has 3 rings (SSSR count). The number of hydrogen-bond donors (Lipinski definition) is 0. The summed E-state index contributed by atoms with van der Waals surface area (Å²) in [6.07, 6.45) is 4.28. The van der Waals surface area contributed by atoms with Crippen molar-refractivity contribution in [3.05, 3.63) is 66.4 Å². The number of aromatic nitrogens is 1. The largest absolute Gasteiger partial charge is 0.213 e. The van der Waals surface area contributed by atoms with E-state index in [1.54, 1.807) is 0 Å². The van der Waals surface area contributed by atoms with Crippen LogP contribution in [0.4, 0.5) is 0 Å². The molecule has 1 aromatic carbocycles. The Morgan fingerprint density at radius 1 is 1.10 bits per heavy atom. The minimum atomic E-state index is -0.0882. The van der Waals surface area contributed by atoms with E-state index in [4.69, 9.17) is 0 Å². The Morgan fingerprint density at radius 3 is 2.55 bits per heavy atom. The van der Waals surface area contributed by atoms with E-state index >= 15 is 0 Å². The third-order valence-corrected chi connectivity index (χ3v) is 5.15. The molecule has 0 N–H and O–H groups in total. The molecule has 0 fully saturated rings. The van der Waals surface area contributed by atoms with E-state index in [2.05, 4.69) is 87.5 Å². The second-order valence-electron chi connectivity index (χ2n) is 6.47. The van der Waals surface area contributed by atoms with Crippen molar-refractivity contribution in [3.63, 3.8) is 0 Å². The van der Waals surface area contributed by atoms with E-state index in [1.807, 2.05) is 0 Å². The summed E-state index contributed by atoms with van der Waals surface area (Å²) < 4.78 is 2.39. The zero-order valence-electron chi connectivity index (χ0n) is 12.8. The lowest BCUT2D eigenvalue weighted by atomic mass is 9.64. The van der Waals surface area contributed by atoms with Crippen LogP contribution in [0, 0.1) is 6.92 Å². The van der Waals surface area contributed by atoms with Gasteiger partial charge in [-0.2, -0.15) is 4.57 Å². The SMILES string of the molecule is C=CC1(C)c2ccc(C)cc2-c2cccc[n+]2C1(C)C. The number of hydrogen-bond acceptors (Lipinski definition) is 0. The molecule has 2 aromatic rings. The molecular weight excluding hydrogens is 242 g/mol. The Bertz CT molecular complexity index is 697. The van der Waals surface area contributed by atoms with Crippen LogP contribution in [0.15, 0.2) is 55.3 Å². The molecule has 1 aliphatic rings. The van der Waals surface area contributed by atoms with E-state index in [1.165, 1.54) is 22.4 Å². The summed E-state index contributed by atoms with van der Waals surface area (Å²) in [4.78, 5) is 0. The summed E-state index contributed by atoms with van der Waals surface area (Å²) in [5.74, 6) is 0. The van der Waals surface area contributed by atoms with Crippen LogP contribution in [-0.4, -0.2) is 0 Å². The summed E-state index contributed by atoms with van der Waals surface area (Å²) in [7, 11) is 0. The molecule has 1 nitrogen and oxygen atoms in total. The molecule has 0 amide bonds. The standard InChI is InChI=1S/C19H22N/c1-6-19(5)16-11-10-14(2)13-15(16)17-9-7-8-12-20(17)18(19,3)4/h6-13H,1H2,2-5H3/q+1. The first kappa shape index (κ1) is 13.1. The second-order valence-corrected chi connectivity index (χ2v) is 6.47. The van der Waals surface area contributed by atoms with E-state index in [0.717, 1.165) is 0 Å². The van der Waals surface area contributed by atoms with E-state index in [0.29, 0.717) is 0 Å². The van der Waals surface area contributed by atoms with Gasteiger partial charge in [-0.25, -0.2) is 0 Å². The van der Waals surface area contributed by atoms with Crippen molar-refractivity contribution in [1.29, 1.82) is 0 Å². The van der Waals surface area contributed by atoms with Gasteiger partial charge in [0.1, 0.15) is 0 Å². The van der Waals surface area contributed by atoms with Gasteiger partial charge >= 0.3 is 0 Å². The average molecular weight is 264 g/mol. The fourth-order valence-electron chi connectivity index (χ4n) is 3.41. The average Bonchev–Trinajstić information content (AvgIpc) is 2.45. The van der Waals surface area contributed by atoms with E-state index in [-0.39, 0.29) is 11.0 Å². The third kappa shape index (κ3) is 1.46. The van der Waals surface area contributed by atoms with Crippen LogP contribution in [0.1, 0.15) is 31.9 Å². The smallest absolute Gasteiger partial charge is 0.192 e. The highest BCUT2D eigenvalue weighted by Crippen LogP contribution is 2.46. The van der Waals surface area contributed by atoms with Crippen LogP contribution >= 0.6 is 0 Å². The molecule has 1 heteroatoms. The Kier molecular flexibility index (Phi) is 2.66. The summed E-state index contributed by atoms with van der Waals surface area (Å²) in [5.41, 5.74) is 5.14. The molecule has 102 valence electrons. The molecule has 1 aromatic heterocycles. The van der Waals surface area contributed by atoms with Crippen LogP contribution in [-0.2, 0) is 11.0 Å². The van der Waals surface area contributed by atoms with Crippen molar-refractivity contribution in [2.45, 2.75) is 38.6 Å². The van der Waals surface area contributed by atoms with Gasteiger partial charge < -0.3 is 0 Å². The number of nitrogens with zero attached hydrogens (tertiary/aromatic N) is 1. The minimum Gasteiger partial charge on any atom is -0.192 e. The Morgan fingerprint density at radius 2 is 1.85 bits per heavy atom. The maximum absolute atomic E-state index is 4.13. The maximum Gasteiger partial charge on any atom is 0.213 e. The molecule has 0 bridgehead atoms. The zero-order valence-corrected chi connectivity index (χ0v) is 12.8. The highest BCUT2D eigenvalue weighted by Gasteiger charge is 2.53. The van der Waals surface area contributed by atoms with Crippen molar-refractivity contribution < 1.29 is 4.57 Å². The van der Waals surface area contributed by atoms with Gasteiger partial charge in [-0.1, -0.05) is 23.8 Å². The lowest BCUT2D eigenvalue weighted by molar-refractivity contribution is -0.758. The number of aryl methyl sites for hydroxylation is 1. The van der Waals surface area contributed by atoms with Gasteiger partial charge in [0.05, 0.1) is 11.0 Å². The summed E-state index contributed by atoms with van der Waals surface area (Å²) in [5, 5.41) is 0. The highest BCUT2D eigenvalue weighted by molar-refractivity contribution is 5.67. The number of allylic oxidation sites excluding steroid dienone is 1. The molecule has 1 aliphatic heterocycles. The predicted octanol–water partition coefficient (Wildman–Crippen LogP) is 4.14. The number of pyridine rings is 1. The zero-order chi connectivity index (χ0) is 14.5. The topological polar surface area (TPSA) is 3.88 Å². The van der Waals surface area contributed by atoms with Crippen LogP contribution in [0.25, 0.3) is 11.3 Å². The van der Waals surface area contributed by atoms with Crippen LogP contribution in [0.3, 0.4) is 0 Å². The molecular formula is C19H22N+.